The van der Waals surface area contributed by atoms with Crippen LogP contribution >= 0.6 is 11.6 Å². The van der Waals surface area contributed by atoms with Crippen LogP contribution in [0.1, 0.15) is 33.6 Å². The molecule has 0 heterocycles. The Kier molecular flexibility index (Phi) is 7.09. The predicted octanol–water partition coefficient (Wildman–Crippen LogP) is 3.07. The van der Waals surface area contributed by atoms with Gasteiger partial charge in [-0.15, -0.1) is 11.6 Å². The highest BCUT2D eigenvalue weighted by Gasteiger charge is 2.06. The summed E-state index contributed by atoms with van der Waals surface area (Å²) in [5.74, 6) is 1.25. The average molecular weight is 179 g/mol. The highest BCUT2D eigenvalue weighted by molar-refractivity contribution is 6.18. The molecule has 0 aromatic heterocycles. The van der Waals surface area contributed by atoms with E-state index in [1.807, 2.05) is 0 Å². The van der Waals surface area contributed by atoms with Crippen LogP contribution in [-0.4, -0.2) is 18.6 Å². The Balaban J connectivity index is 3.34. The molecule has 68 valence electrons. The van der Waals surface area contributed by atoms with E-state index < -0.39 is 0 Å². The molecule has 0 radical (unpaired) electrons. The van der Waals surface area contributed by atoms with Crippen LogP contribution in [0.5, 0.6) is 0 Å². The lowest BCUT2D eigenvalue weighted by atomic mass is 10.1. The van der Waals surface area contributed by atoms with Crippen LogP contribution in [0.15, 0.2) is 0 Å². The van der Waals surface area contributed by atoms with Gasteiger partial charge in [0.05, 0.1) is 12.7 Å². The Morgan fingerprint density at radius 3 is 2.27 bits per heavy atom. The lowest BCUT2D eigenvalue weighted by molar-refractivity contribution is 0.0419. The van der Waals surface area contributed by atoms with Gasteiger partial charge in [-0.25, -0.2) is 0 Å². The fourth-order valence-electron chi connectivity index (χ4n) is 0.690. The van der Waals surface area contributed by atoms with Crippen LogP contribution < -0.4 is 0 Å². The third kappa shape index (κ3) is 5.51. The normalized spacial score (nSPS) is 16.4. The Hall–Kier alpha value is 0.250. The van der Waals surface area contributed by atoms with Gasteiger partial charge in [0.2, 0.25) is 0 Å². The zero-order chi connectivity index (χ0) is 8.69. The minimum absolute atomic E-state index is 0.382. The highest BCUT2D eigenvalue weighted by atomic mass is 35.5. The first kappa shape index (κ1) is 11.2. The molecule has 0 saturated carbocycles. The zero-order valence-corrected chi connectivity index (χ0v) is 8.53. The second kappa shape index (κ2) is 6.93. The van der Waals surface area contributed by atoms with E-state index in [4.69, 9.17) is 16.3 Å². The van der Waals surface area contributed by atoms with Gasteiger partial charge in [0.1, 0.15) is 0 Å². The second-order valence-electron chi connectivity index (χ2n) is 2.98. The van der Waals surface area contributed by atoms with Crippen molar-refractivity contribution in [3.05, 3.63) is 0 Å². The summed E-state index contributed by atoms with van der Waals surface area (Å²) >= 11 is 5.71. The molecular weight excluding hydrogens is 160 g/mol. The van der Waals surface area contributed by atoms with Crippen LogP contribution in [0.4, 0.5) is 0 Å². The molecule has 0 aromatic rings. The first-order valence-electron chi connectivity index (χ1n) is 4.42. The summed E-state index contributed by atoms with van der Waals surface area (Å²) in [6.45, 7) is 7.19. The van der Waals surface area contributed by atoms with Crippen molar-refractivity contribution in [2.45, 2.75) is 39.7 Å². The van der Waals surface area contributed by atoms with Gasteiger partial charge in [0, 0.05) is 5.88 Å². The minimum Gasteiger partial charge on any atom is -0.378 e. The number of hydrogen-bond acceptors (Lipinski definition) is 1. The first-order chi connectivity index (χ1) is 5.24. The Labute approximate surface area is 75.1 Å². The lowest BCUT2D eigenvalue weighted by Crippen LogP contribution is -2.15. The van der Waals surface area contributed by atoms with Crippen LogP contribution in [0.2, 0.25) is 0 Å². The van der Waals surface area contributed by atoms with Gasteiger partial charge < -0.3 is 4.74 Å². The number of hydrogen-bond donors (Lipinski definition) is 0. The fraction of sp³-hybridized carbons (Fsp3) is 1.00. The van der Waals surface area contributed by atoms with Gasteiger partial charge >= 0.3 is 0 Å². The molecule has 0 amide bonds. The lowest BCUT2D eigenvalue weighted by Gasteiger charge is -2.15. The Bertz CT molecular complexity index is 81.6. The topological polar surface area (TPSA) is 9.23 Å². The molecule has 2 unspecified atom stereocenters. The molecule has 0 aliphatic rings. The molecule has 0 aliphatic heterocycles. The van der Waals surface area contributed by atoms with Crippen molar-refractivity contribution >= 4 is 11.6 Å². The van der Waals surface area contributed by atoms with Gasteiger partial charge in [-0.3, -0.25) is 0 Å². The van der Waals surface area contributed by atoms with Crippen LogP contribution in [-0.2, 0) is 4.74 Å². The van der Waals surface area contributed by atoms with Crippen molar-refractivity contribution in [3.8, 4) is 0 Å². The fourth-order valence-corrected chi connectivity index (χ4v) is 0.997. The number of ether oxygens (including phenoxy) is 1. The molecule has 0 N–H and O–H groups in total. The van der Waals surface area contributed by atoms with Gasteiger partial charge in [-0.05, 0) is 25.7 Å². The molecule has 1 nitrogen and oxygen atoms in total. The molecule has 0 saturated heterocycles. The van der Waals surface area contributed by atoms with Gasteiger partial charge in [-0.2, -0.15) is 0 Å². The zero-order valence-electron chi connectivity index (χ0n) is 7.77. The van der Waals surface area contributed by atoms with E-state index in [1.165, 1.54) is 0 Å². The molecule has 0 aliphatic carbocycles. The van der Waals surface area contributed by atoms with Crippen LogP contribution in [0, 0.1) is 5.92 Å². The van der Waals surface area contributed by atoms with E-state index in [9.17, 15) is 0 Å². The molecule has 0 fully saturated rings. The highest BCUT2D eigenvalue weighted by Crippen LogP contribution is 2.07. The summed E-state index contributed by atoms with van der Waals surface area (Å²) < 4.78 is 5.55. The third-order valence-corrected chi connectivity index (χ3v) is 2.42. The summed E-state index contributed by atoms with van der Waals surface area (Å²) in [5, 5.41) is 0. The predicted molar refractivity (Wildman–Crippen MR) is 50.2 cm³/mol. The van der Waals surface area contributed by atoms with E-state index in [1.54, 1.807) is 0 Å². The first-order valence-corrected chi connectivity index (χ1v) is 4.95. The van der Waals surface area contributed by atoms with E-state index in [2.05, 4.69) is 20.8 Å². The summed E-state index contributed by atoms with van der Waals surface area (Å²) in [4.78, 5) is 0. The Morgan fingerprint density at radius 1 is 1.27 bits per heavy atom. The maximum atomic E-state index is 5.71. The largest absolute Gasteiger partial charge is 0.378 e. The van der Waals surface area contributed by atoms with E-state index in [0.29, 0.717) is 17.9 Å². The second-order valence-corrected chi connectivity index (χ2v) is 3.29. The molecule has 0 bridgehead atoms. The maximum Gasteiger partial charge on any atom is 0.0544 e. The number of rotatable bonds is 6. The van der Waals surface area contributed by atoms with Crippen molar-refractivity contribution in [2.75, 3.05) is 12.5 Å². The summed E-state index contributed by atoms with van der Waals surface area (Å²) in [5.41, 5.74) is 0. The van der Waals surface area contributed by atoms with Gasteiger partial charge in [-0.1, -0.05) is 13.8 Å². The monoisotopic (exact) mass is 178 g/mol. The van der Waals surface area contributed by atoms with Crippen LogP contribution in [0.25, 0.3) is 0 Å². The molecule has 2 atom stereocenters. The van der Waals surface area contributed by atoms with E-state index >= 15 is 0 Å². The molecule has 0 spiro atoms. The molecular formula is C9H19ClO. The van der Waals surface area contributed by atoms with E-state index in [-0.39, 0.29) is 0 Å². The minimum atomic E-state index is 0.382. The third-order valence-electron chi connectivity index (χ3n) is 1.99. The summed E-state index contributed by atoms with van der Waals surface area (Å²) in [6.07, 6.45) is 2.57. The molecule has 2 heteroatoms. The maximum absolute atomic E-state index is 5.71. The smallest absolute Gasteiger partial charge is 0.0544 e. The van der Waals surface area contributed by atoms with Crippen molar-refractivity contribution in [1.82, 2.24) is 0 Å². The van der Waals surface area contributed by atoms with Crippen molar-refractivity contribution < 1.29 is 4.74 Å². The quantitative estimate of drug-likeness (QED) is 0.568. The van der Waals surface area contributed by atoms with Gasteiger partial charge in [0.25, 0.3) is 0 Å². The standard InChI is InChI=1S/C9H19ClO/c1-4-8(3)11-7-9(5-2)6-10/h8-9H,4-7H2,1-3H3. The number of alkyl halides is 1. The summed E-state index contributed by atoms with van der Waals surface area (Å²) in [7, 11) is 0. The van der Waals surface area contributed by atoms with Crippen LogP contribution in [0.3, 0.4) is 0 Å². The van der Waals surface area contributed by atoms with Gasteiger partial charge in [0.15, 0.2) is 0 Å². The van der Waals surface area contributed by atoms with Crippen molar-refractivity contribution in [3.63, 3.8) is 0 Å². The molecule has 0 aromatic carbocycles. The summed E-state index contributed by atoms with van der Waals surface area (Å²) in [6, 6.07) is 0. The van der Waals surface area contributed by atoms with Crippen molar-refractivity contribution in [2.24, 2.45) is 5.92 Å². The van der Waals surface area contributed by atoms with E-state index in [0.717, 1.165) is 19.4 Å². The molecule has 11 heavy (non-hydrogen) atoms. The average Bonchev–Trinajstić information content (AvgIpc) is 2.06. The molecule has 0 rings (SSSR count). The number of halogens is 1. The SMILES string of the molecule is CCC(CCl)COC(C)CC. The Morgan fingerprint density at radius 2 is 1.91 bits per heavy atom. The van der Waals surface area contributed by atoms with Crippen molar-refractivity contribution in [1.29, 1.82) is 0 Å².